The van der Waals surface area contributed by atoms with Crippen molar-refractivity contribution in [3.05, 3.63) is 65.7 Å². The maximum Gasteiger partial charge on any atom is 0.323 e. The van der Waals surface area contributed by atoms with Gasteiger partial charge in [0.05, 0.1) is 5.69 Å². The van der Waals surface area contributed by atoms with E-state index in [9.17, 15) is 4.79 Å². The fourth-order valence-corrected chi connectivity index (χ4v) is 3.66. The van der Waals surface area contributed by atoms with Crippen LogP contribution in [0.25, 0.3) is 11.3 Å². The smallest absolute Gasteiger partial charge is 0.323 e. The zero-order valence-corrected chi connectivity index (χ0v) is 17.4. The highest BCUT2D eigenvalue weighted by atomic mass is 35.5. The minimum Gasteiger partial charge on any atom is -0.355 e. The number of hydrogen-bond donors (Lipinski definition) is 2. The third-order valence-corrected chi connectivity index (χ3v) is 5.35. The van der Waals surface area contributed by atoms with Crippen molar-refractivity contribution in [2.24, 2.45) is 0 Å². The van der Waals surface area contributed by atoms with Crippen LogP contribution in [0, 0.1) is 0 Å². The van der Waals surface area contributed by atoms with Crippen molar-refractivity contribution < 1.29 is 4.79 Å². The molecule has 0 spiro atoms. The number of amides is 2. The van der Waals surface area contributed by atoms with Crippen LogP contribution in [0.2, 0.25) is 5.02 Å². The van der Waals surface area contributed by atoms with E-state index in [4.69, 9.17) is 11.6 Å². The van der Waals surface area contributed by atoms with Gasteiger partial charge < -0.3 is 15.5 Å². The highest BCUT2D eigenvalue weighted by Crippen LogP contribution is 2.23. The zero-order valence-electron chi connectivity index (χ0n) is 16.6. The van der Waals surface area contributed by atoms with Gasteiger partial charge in [0.15, 0.2) is 5.82 Å². The lowest BCUT2D eigenvalue weighted by atomic mass is 10.1. The van der Waals surface area contributed by atoms with Gasteiger partial charge in [-0.25, -0.2) is 4.79 Å². The molecule has 30 heavy (non-hydrogen) atoms. The Morgan fingerprint density at radius 3 is 2.27 bits per heavy atom. The fraction of sp³-hybridized carbons (Fsp3) is 0.261. The van der Waals surface area contributed by atoms with Gasteiger partial charge in [0.2, 0.25) is 0 Å². The third kappa shape index (κ3) is 5.27. The largest absolute Gasteiger partial charge is 0.355 e. The Balaban J connectivity index is 1.42. The van der Waals surface area contributed by atoms with E-state index in [1.807, 2.05) is 36.4 Å². The Bertz CT molecular complexity index is 983. The Morgan fingerprint density at radius 2 is 1.57 bits per heavy atom. The summed E-state index contributed by atoms with van der Waals surface area (Å²) in [5.41, 5.74) is 3.02. The number of carbonyl (C=O) groups is 1. The van der Waals surface area contributed by atoms with Gasteiger partial charge in [0.1, 0.15) is 0 Å². The van der Waals surface area contributed by atoms with Crippen LogP contribution in [-0.2, 0) is 0 Å². The normalized spacial score (nSPS) is 14.1. The second kappa shape index (κ2) is 9.59. The quantitative estimate of drug-likeness (QED) is 0.556. The van der Waals surface area contributed by atoms with E-state index in [1.54, 1.807) is 24.3 Å². The van der Waals surface area contributed by atoms with Crippen molar-refractivity contribution in [3.63, 3.8) is 0 Å². The van der Waals surface area contributed by atoms with Gasteiger partial charge in [-0.1, -0.05) is 36.6 Å². The van der Waals surface area contributed by atoms with Gasteiger partial charge in [-0.15, -0.1) is 10.2 Å². The summed E-state index contributed by atoms with van der Waals surface area (Å²) in [5.74, 6) is 0.928. The van der Waals surface area contributed by atoms with Crippen LogP contribution in [0.3, 0.4) is 0 Å². The summed E-state index contributed by atoms with van der Waals surface area (Å²) in [4.78, 5) is 14.6. The van der Waals surface area contributed by atoms with Gasteiger partial charge in [-0.05, 0) is 61.4 Å². The molecule has 0 bridgehead atoms. The molecular formula is C23H24ClN5O. The first kappa shape index (κ1) is 20.2. The molecule has 1 fully saturated rings. The van der Waals surface area contributed by atoms with Gasteiger partial charge in [0, 0.05) is 35.1 Å². The molecule has 4 rings (SSSR count). The molecule has 6 nitrogen and oxygen atoms in total. The molecule has 3 aromatic rings. The molecule has 2 amide bonds. The summed E-state index contributed by atoms with van der Waals surface area (Å²) in [6.45, 7) is 2.08. The molecular weight excluding hydrogens is 398 g/mol. The van der Waals surface area contributed by atoms with Crippen LogP contribution < -0.4 is 15.5 Å². The first-order valence-electron chi connectivity index (χ1n) is 10.2. The molecule has 0 radical (unpaired) electrons. The Kier molecular flexibility index (Phi) is 6.44. The minimum atomic E-state index is -0.322. The zero-order chi connectivity index (χ0) is 20.8. The van der Waals surface area contributed by atoms with Crippen LogP contribution in [0.1, 0.15) is 25.7 Å². The van der Waals surface area contributed by atoms with Gasteiger partial charge >= 0.3 is 6.03 Å². The van der Waals surface area contributed by atoms with E-state index in [2.05, 4.69) is 25.7 Å². The maximum atomic E-state index is 12.3. The number of rotatable bonds is 4. The first-order chi connectivity index (χ1) is 14.7. The average molecular weight is 422 g/mol. The topological polar surface area (TPSA) is 70.2 Å². The lowest BCUT2D eigenvalue weighted by Crippen LogP contribution is -2.25. The van der Waals surface area contributed by atoms with Crippen molar-refractivity contribution in [2.75, 3.05) is 28.6 Å². The molecule has 0 unspecified atom stereocenters. The fourth-order valence-electron chi connectivity index (χ4n) is 3.53. The van der Waals surface area contributed by atoms with Crippen LogP contribution in [-0.4, -0.2) is 29.3 Å². The van der Waals surface area contributed by atoms with Gasteiger partial charge in [-0.3, -0.25) is 0 Å². The van der Waals surface area contributed by atoms with Crippen molar-refractivity contribution in [2.45, 2.75) is 25.7 Å². The highest BCUT2D eigenvalue weighted by Gasteiger charge is 2.12. The molecule has 1 aliphatic rings. The Labute approximate surface area is 181 Å². The van der Waals surface area contributed by atoms with E-state index in [1.165, 1.54) is 25.7 Å². The van der Waals surface area contributed by atoms with Crippen LogP contribution in [0.4, 0.5) is 22.0 Å². The van der Waals surface area contributed by atoms with Crippen molar-refractivity contribution in [1.82, 2.24) is 10.2 Å². The number of halogens is 1. The number of urea groups is 1. The summed E-state index contributed by atoms with van der Waals surface area (Å²) < 4.78 is 0. The van der Waals surface area contributed by atoms with E-state index < -0.39 is 0 Å². The Morgan fingerprint density at radius 1 is 0.833 bits per heavy atom. The number of anilines is 3. The van der Waals surface area contributed by atoms with Gasteiger partial charge in [0.25, 0.3) is 0 Å². The van der Waals surface area contributed by atoms with E-state index in [0.717, 1.165) is 30.2 Å². The molecule has 154 valence electrons. The predicted octanol–water partition coefficient (Wildman–Crippen LogP) is 5.82. The van der Waals surface area contributed by atoms with Crippen LogP contribution >= 0.6 is 11.6 Å². The number of aromatic nitrogens is 2. The van der Waals surface area contributed by atoms with E-state index >= 15 is 0 Å². The summed E-state index contributed by atoms with van der Waals surface area (Å²) in [5, 5.41) is 15.1. The molecule has 2 N–H and O–H groups in total. The maximum absolute atomic E-state index is 12.3. The van der Waals surface area contributed by atoms with Crippen molar-refractivity contribution in [1.29, 1.82) is 0 Å². The number of hydrogen-bond acceptors (Lipinski definition) is 4. The lowest BCUT2D eigenvalue weighted by molar-refractivity contribution is 0.262. The number of benzene rings is 2. The van der Waals surface area contributed by atoms with Crippen LogP contribution in [0.15, 0.2) is 60.7 Å². The average Bonchev–Trinajstić information content (AvgIpc) is 3.05. The van der Waals surface area contributed by atoms with Crippen molar-refractivity contribution in [3.8, 4) is 11.3 Å². The third-order valence-electron chi connectivity index (χ3n) is 5.10. The number of nitrogens with zero attached hydrogens (tertiary/aromatic N) is 3. The molecule has 2 heterocycles. The summed E-state index contributed by atoms with van der Waals surface area (Å²) >= 11 is 5.87. The number of nitrogens with one attached hydrogen (secondary N) is 2. The highest BCUT2D eigenvalue weighted by molar-refractivity contribution is 6.30. The molecule has 1 aromatic heterocycles. The summed E-state index contributed by atoms with van der Waals surface area (Å²) in [6.07, 6.45) is 4.98. The van der Waals surface area contributed by atoms with Crippen LogP contribution in [0.5, 0.6) is 0 Å². The monoisotopic (exact) mass is 421 g/mol. The standard InChI is InChI=1S/C23H24ClN5O/c24-18-8-10-19(11-9-18)25-23(30)26-20-7-5-6-17(16-20)21-12-13-22(28-27-21)29-14-3-1-2-4-15-29/h5-13,16H,1-4,14-15H2,(H2,25,26,30). The Hall–Kier alpha value is -3.12. The molecule has 2 aromatic carbocycles. The molecule has 7 heteroatoms. The molecule has 0 saturated carbocycles. The summed E-state index contributed by atoms with van der Waals surface area (Å²) in [6, 6.07) is 18.2. The molecule has 0 aliphatic carbocycles. The second-order valence-electron chi connectivity index (χ2n) is 7.34. The molecule has 1 saturated heterocycles. The predicted molar refractivity (Wildman–Crippen MR) is 122 cm³/mol. The second-order valence-corrected chi connectivity index (χ2v) is 7.78. The van der Waals surface area contributed by atoms with Gasteiger partial charge in [-0.2, -0.15) is 0 Å². The first-order valence-corrected chi connectivity index (χ1v) is 10.6. The lowest BCUT2D eigenvalue weighted by Gasteiger charge is -2.20. The molecule has 0 atom stereocenters. The minimum absolute atomic E-state index is 0.322. The van der Waals surface area contributed by atoms with Crippen molar-refractivity contribution >= 4 is 34.8 Å². The SMILES string of the molecule is O=C(Nc1ccc(Cl)cc1)Nc1cccc(-c2ccc(N3CCCCCC3)nn2)c1. The van der Waals surface area contributed by atoms with E-state index in [0.29, 0.717) is 16.4 Å². The summed E-state index contributed by atoms with van der Waals surface area (Å²) in [7, 11) is 0. The number of carbonyl (C=O) groups excluding carboxylic acids is 1. The van der Waals surface area contributed by atoms with E-state index in [-0.39, 0.29) is 6.03 Å². The molecule has 1 aliphatic heterocycles.